The smallest absolute Gasteiger partial charge is 0.159 e. The van der Waals surface area contributed by atoms with Gasteiger partial charge in [0, 0.05) is 17.8 Å². The minimum absolute atomic E-state index is 0. The van der Waals surface area contributed by atoms with Crippen LogP contribution >= 0.6 is 61.2 Å². The molecule has 1 N–H and O–H groups in total. The van der Waals surface area contributed by atoms with Gasteiger partial charge in [-0.2, -0.15) is 0 Å². The Morgan fingerprint density at radius 2 is 2.31 bits per heavy atom. The van der Waals surface area contributed by atoms with E-state index in [1.54, 1.807) is 11.3 Å². The van der Waals surface area contributed by atoms with E-state index in [0.717, 1.165) is 17.0 Å². The van der Waals surface area contributed by atoms with Crippen molar-refractivity contribution < 1.29 is 0 Å². The maximum atomic E-state index is 4.39. The number of hydrogen-bond donors (Lipinski definition) is 1. The lowest BCUT2D eigenvalue weighted by atomic mass is 10.1. The number of nitrogens with one attached hydrogen (secondary N) is 1. The van der Waals surface area contributed by atoms with Crippen molar-refractivity contribution in [1.29, 1.82) is 0 Å². The van der Waals surface area contributed by atoms with E-state index in [2.05, 4.69) is 31.6 Å². The minimum Gasteiger partial charge on any atom is -0.316 e. The van der Waals surface area contributed by atoms with Gasteiger partial charge in [-0.1, -0.05) is 0 Å². The number of nitrogens with zero attached hydrogens (tertiary/aromatic N) is 1. The zero-order valence-electron chi connectivity index (χ0n) is 6.83. The van der Waals surface area contributed by atoms with Gasteiger partial charge in [0.25, 0.3) is 0 Å². The first-order chi connectivity index (χ1) is 5.36. The van der Waals surface area contributed by atoms with Crippen LogP contribution in [-0.4, -0.2) is 18.1 Å². The molecule has 2 rings (SSSR count). The van der Waals surface area contributed by atoms with Gasteiger partial charge in [0.2, 0.25) is 0 Å². The van der Waals surface area contributed by atoms with Crippen LogP contribution in [0.25, 0.3) is 0 Å². The van der Waals surface area contributed by atoms with Gasteiger partial charge in [-0.05, 0) is 28.9 Å². The van der Waals surface area contributed by atoms with E-state index in [-0.39, 0.29) is 34.0 Å². The first kappa shape index (κ1) is 14.0. The topological polar surface area (TPSA) is 24.9 Å². The van der Waals surface area contributed by atoms with Crippen LogP contribution in [0.5, 0.6) is 0 Å². The summed E-state index contributed by atoms with van der Waals surface area (Å²) in [5.41, 5.74) is 1.24. The molecule has 1 aliphatic heterocycles. The van der Waals surface area contributed by atoms with Crippen molar-refractivity contribution in [2.45, 2.75) is 12.3 Å². The van der Waals surface area contributed by atoms with Gasteiger partial charge in [0.15, 0.2) is 3.92 Å². The SMILES string of the molecule is Br.Br.Brc1nc(C2CCNC2)cs1. The van der Waals surface area contributed by atoms with Crippen LogP contribution in [0.1, 0.15) is 18.0 Å². The molecule has 76 valence electrons. The molecule has 0 aliphatic carbocycles. The molecule has 1 aromatic heterocycles. The molecule has 0 saturated carbocycles. The van der Waals surface area contributed by atoms with Crippen LogP contribution in [0.3, 0.4) is 0 Å². The van der Waals surface area contributed by atoms with Gasteiger partial charge in [-0.15, -0.1) is 45.3 Å². The molecule has 0 radical (unpaired) electrons. The normalized spacial score (nSPS) is 20.5. The second-order valence-electron chi connectivity index (χ2n) is 2.72. The van der Waals surface area contributed by atoms with Crippen LogP contribution < -0.4 is 5.32 Å². The van der Waals surface area contributed by atoms with Crippen LogP contribution in [0.2, 0.25) is 0 Å². The highest BCUT2D eigenvalue weighted by Gasteiger charge is 2.18. The molecule has 1 saturated heterocycles. The Labute approximate surface area is 111 Å². The standard InChI is InChI=1S/C7H9BrN2S.2BrH/c8-7-10-6(4-11-7)5-1-2-9-3-5;;/h4-5,9H,1-3H2;2*1H. The summed E-state index contributed by atoms with van der Waals surface area (Å²) < 4.78 is 0.999. The Morgan fingerprint density at radius 1 is 1.54 bits per heavy atom. The van der Waals surface area contributed by atoms with E-state index in [1.165, 1.54) is 12.1 Å². The Balaban J connectivity index is 0.000000720. The summed E-state index contributed by atoms with van der Waals surface area (Å²) in [6.45, 7) is 2.23. The summed E-state index contributed by atoms with van der Waals surface area (Å²) in [5, 5.41) is 5.47. The molecule has 1 aliphatic rings. The number of aromatic nitrogens is 1. The first-order valence-electron chi connectivity index (χ1n) is 3.68. The lowest BCUT2D eigenvalue weighted by Gasteiger charge is -2.01. The molecule has 13 heavy (non-hydrogen) atoms. The maximum absolute atomic E-state index is 4.39. The third-order valence-electron chi connectivity index (χ3n) is 1.97. The second kappa shape index (κ2) is 6.50. The largest absolute Gasteiger partial charge is 0.316 e. The molecule has 1 atom stereocenters. The molecule has 1 aromatic rings. The summed E-state index contributed by atoms with van der Waals surface area (Å²) in [5.74, 6) is 0.651. The predicted molar refractivity (Wildman–Crippen MR) is 70.7 cm³/mol. The van der Waals surface area contributed by atoms with Gasteiger partial charge in [0.1, 0.15) is 0 Å². The first-order valence-corrected chi connectivity index (χ1v) is 5.35. The third kappa shape index (κ3) is 3.58. The Hall–Kier alpha value is 1.03. The summed E-state index contributed by atoms with van der Waals surface area (Å²) in [4.78, 5) is 4.39. The molecule has 1 fully saturated rings. The number of hydrogen-bond acceptors (Lipinski definition) is 3. The summed E-state index contributed by atoms with van der Waals surface area (Å²) >= 11 is 5.04. The highest BCUT2D eigenvalue weighted by Crippen LogP contribution is 2.25. The number of thiazole rings is 1. The zero-order chi connectivity index (χ0) is 7.68. The monoisotopic (exact) mass is 392 g/mol. The molecule has 0 amide bonds. The molecular formula is C7H11Br3N2S. The fraction of sp³-hybridized carbons (Fsp3) is 0.571. The lowest BCUT2D eigenvalue weighted by Crippen LogP contribution is -2.07. The van der Waals surface area contributed by atoms with Crippen LogP contribution in [-0.2, 0) is 0 Å². The summed E-state index contributed by atoms with van der Waals surface area (Å²) in [6, 6.07) is 0. The summed E-state index contributed by atoms with van der Waals surface area (Å²) in [6.07, 6.45) is 1.23. The van der Waals surface area contributed by atoms with E-state index in [1.807, 2.05) is 0 Å². The molecule has 1 unspecified atom stereocenters. The van der Waals surface area contributed by atoms with E-state index in [0.29, 0.717) is 5.92 Å². The fourth-order valence-corrected chi connectivity index (χ4v) is 2.46. The van der Waals surface area contributed by atoms with E-state index in [4.69, 9.17) is 0 Å². The second-order valence-corrected chi connectivity index (χ2v) is 4.85. The molecule has 2 heterocycles. The van der Waals surface area contributed by atoms with E-state index < -0.39 is 0 Å². The van der Waals surface area contributed by atoms with Crippen molar-refractivity contribution in [1.82, 2.24) is 10.3 Å². The van der Waals surface area contributed by atoms with Crippen LogP contribution in [0.15, 0.2) is 9.30 Å². The quantitative estimate of drug-likeness (QED) is 0.791. The molecular weight excluding hydrogens is 384 g/mol. The average molecular weight is 395 g/mol. The molecule has 0 aromatic carbocycles. The zero-order valence-corrected chi connectivity index (χ0v) is 12.7. The van der Waals surface area contributed by atoms with Gasteiger partial charge in [-0.25, -0.2) is 4.98 Å². The van der Waals surface area contributed by atoms with Crippen molar-refractivity contribution in [2.75, 3.05) is 13.1 Å². The van der Waals surface area contributed by atoms with Crippen molar-refractivity contribution >= 4 is 61.2 Å². The van der Waals surface area contributed by atoms with E-state index >= 15 is 0 Å². The summed E-state index contributed by atoms with van der Waals surface area (Å²) in [7, 11) is 0. The molecule has 2 nitrogen and oxygen atoms in total. The van der Waals surface area contributed by atoms with Crippen LogP contribution in [0.4, 0.5) is 0 Å². The molecule has 0 spiro atoms. The van der Waals surface area contributed by atoms with Gasteiger partial charge in [0.05, 0.1) is 5.69 Å². The van der Waals surface area contributed by atoms with Crippen molar-refractivity contribution in [2.24, 2.45) is 0 Å². The Bertz CT molecular complexity index is 248. The average Bonchev–Trinajstić information content (AvgIpc) is 2.55. The Kier molecular flexibility index (Phi) is 7.02. The van der Waals surface area contributed by atoms with Gasteiger partial charge < -0.3 is 5.32 Å². The third-order valence-corrected chi connectivity index (χ3v) is 3.36. The predicted octanol–water partition coefficient (Wildman–Crippen LogP) is 3.14. The van der Waals surface area contributed by atoms with Gasteiger partial charge >= 0.3 is 0 Å². The number of rotatable bonds is 1. The van der Waals surface area contributed by atoms with Crippen molar-refractivity contribution in [3.8, 4) is 0 Å². The van der Waals surface area contributed by atoms with E-state index in [9.17, 15) is 0 Å². The van der Waals surface area contributed by atoms with Crippen molar-refractivity contribution in [3.63, 3.8) is 0 Å². The fourth-order valence-electron chi connectivity index (χ4n) is 1.36. The minimum atomic E-state index is 0. The molecule has 6 heteroatoms. The van der Waals surface area contributed by atoms with Gasteiger partial charge in [-0.3, -0.25) is 0 Å². The van der Waals surface area contributed by atoms with Crippen LogP contribution in [0, 0.1) is 0 Å². The highest BCUT2D eigenvalue weighted by atomic mass is 79.9. The lowest BCUT2D eigenvalue weighted by molar-refractivity contribution is 0.740. The maximum Gasteiger partial charge on any atom is 0.159 e. The molecule has 0 bridgehead atoms. The highest BCUT2D eigenvalue weighted by molar-refractivity contribution is 9.11. The Morgan fingerprint density at radius 3 is 2.77 bits per heavy atom. The van der Waals surface area contributed by atoms with Crippen molar-refractivity contribution in [3.05, 3.63) is 15.0 Å². The number of halogens is 3.